The zero-order valence-corrected chi connectivity index (χ0v) is 22.3. The van der Waals surface area contributed by atoms with E-state index in [2.05, 4.69) is 17.0 Å². The lowest BCUT2D eigenvalue weighted by Gasteiger charge is -2.46. The second kappa shape index (κ2) is 12.5. The van der Waals surface area contributed by atoms with Crippen molar-refractivity contribution in [2.75, 3.05) is 37.7 Å². The molecule has 1 heterocycles. The zero-order chi connectivity index (χ0) is 27.8. The van der Waals surface area contributed by atoms with Gasteiger partial charge in [-0.25, -0.2) is 4.79 Å². The lowest BCUT2D eigenvalue weighted by Crippen LogP contribution is -2.63. The van der Waals surface area contributed by atoms with Crippen LogP contribution in [-0.2, 0) is 21.7 Å². The van der Waals surface area contributed by atoms with Gasteiger partial charge in [-0.2, -0.15) is 0 Å². The Morgan fingerprint density at radius 2 is 1.30 bits per heavy atom. The van der Waals surface area contributed by atoms with Crippen molar-refractivity contribution in [1.82, 2.24) is 4.90 Å². The molecule has 1 aliphatic heterocycles. The van der Waals surface area contributed by atoms with Crippen LogP contribution in [0.2, 0.25) is 0 Å². The Bertz CT molecular complexity index is 1410. The zero-order valence-electron chi connectivity index (χ0n) is 22.3. The number of para-hydroxylation sites is 2. The number of nitrogens with zero attached hydrogens (tertiary/aromatic N) is 2. The van der Waals surface area contributed by atoms with Gasteiger partial charge in [0, 0.05) is 43.9 Å². The van der Waals surface area contributed by atoms with Crippen molar-refractivity contribution < 1.29 is 19.1 Å². The summed E-state index contributed by atoms with van der Waals surface area (Å²) in [6, 6.07) is 36.0. The number of hydrogen-bond acceptors (Lipinski definition) is 6. The van der Waals surface area contributed by atoms with Gasteiger partial charge in [-0.1, -0.05) is 91.0 Å². The van der Waals surface area contributed by atoms with E-state index in [4.69, 9.17) is 15.2 Å². The van der Waals surface area contributed by atoms with Crippen molar-refractivity contribution in [1.29, 1.82) is 0 Å². The van der Waals surface area contributed by atoms with Gasteiger partial charge in [-0.3, -0.25) is 9.69 Å². The third-order valence-corrected chi connectivity index (χ3v) is 7.18. The number of ether oxygens (including phenoxy) is 2. The first kappa shape index (κ1) is 27.0. The molecule has 1 unspecified atom stereocenters. The van der Waals surface area contributed by atoms with Gasteiger partial charge >= 0.3 is 5.97 Å². The largest absolute Gasteiger partial charge is 0.462 e. The van der Waals surface area contributed by atoms with Crippen molar-refractivity contribution in [2.24, 2.45) is 5.73 Å². The third-order valence-electron chi connectivity index (χ3n) is 7.18. The molecule has 5 rings (SSSR count). The van der Waals surface area contributed by atoms with E-state index in [1.54, 1.807) is 24.3 Å². The lowest BCUT2D eigenvalue weighted by molar-refractivity contribution is -0.157. The number of nitrogens with two attached hydrogens (primary N) is 1. The van der Waals surface area contributed by atoms with Crippen LogP contribution in [0.1, 0.15) is 21.5 Å². The molecule has 1 atom stereocenters. The number of esters is 1. The van der Waals surface area contributed by atoms with Crippen LogP contribution in [0.4, 0.5) is 5.69 Å². The molecule has 0 saturated carbocycles. The van der Waals surface area contributed by atoms with E-state index in [-0.39, 0.29) is 17.9 Å². The highest BCUT2D eigenvalue weighted by Gasteiger charge is 2.48. The van der Waals surface area contributed by atoms with Crippen LogP contribution < -0.4 is 15.4 Å². The monoisotopic (exact) mass is 535 g/mol. The molecule has 4 aromatic carbocycles. The van der Waals surface area contributed by atoms with E-state index < -0.39 is 17.6 Å². The number of benzene rings is 4. The minimum Gasteiger partial charge on any atom is -0.462 e. The second-order valence-electron chi connectivity index (χ2n) is 9.65. The first-order valence-electron chi connectivity index (χ1n) is 13.5. The first-order valence-corrected chi connectivity index (χ1v) is 13.5. The number of carbonyl (C=O) groups excluding carboxylic acids is 2. The molecular weight excluding hydrogens is 502 g/mol. The van der Waals surface area contributed by atoms with Crippen molar-refractivity contribution in [3.8, 4) is 5.75 Å². The summed E-state index contributed by atoms with van der Waals surface area (Å²) >= 11 is 0. The highest BCUT2D eigenvalue weighted by Crippen LogP contribution is 2.35. The summed E-state index contributed by atoms with van der Waals surface area (Å²) in [5, 5.41) is 0. The molecule has 7 nitrogen and oxygen atoms in total. The molecule has 40 heavy (non-hydrogen) atoms. The van der Waals surface area contributed by atoms with Crippen LogP contribution in [0.25, 0.3) is 0 Å². The summed E-state index contributed by atoms with van der Waals surface area (Å²) in [5.74, 6) is -0.939. The van der Waals surface area contributed by atoms with E-state index in [0.29, 0.717) is 38.2 Å². The standard InChI is InChI=1S/C33H33N3O4/c34-32(38)33(27-14-6-2-7-15-27,36-23-21-35(22-24-36)28-16-8-3-9-17-28)40-30-19-11-10-18-29(30)31(37)39-25-20-26-12-4-1-5-13-26/h1-19H,20-25H2,(H2,34,38). The fourth-order valence-electron chi connectivity index (χ4n) is 5.10. The number of primary amides is 1. The van der Waals surface area contributed by atoms with Gasteiger partial charge in [-0.15, -0.1) is 0 Å². The van der Waals surface area contributed by atoms with E-state index in [0.717, 1.165) is 11.3 Å². The summed E-state index contributed by atoms with van der Waals surface area (Å²) < 4.78 is 12.2. The van der Waals surface area contributed by atoms with Crippen LogP contribution in [-0.4, -0.2) is 49.6 Å². The van der Waals surface area contributed by atoms with Crippen LogP contribution in [0.15, 0.2) is 115 Å². The smallest absolute Gasteiger partial charge is 0.341 e. The Hall–Kier alpha value is -4.62. The summed E-state index contributed by atoms with van der Waals surface area (Å²) in [5.41, 5.74) is 7.58. The molecule has 1 saturated heterocycles. The van der Waals surface area contributed by atoms with Gasteiger partial charge in [0.1, 0.15) is 11.3 Å². The SMILES string of the molecule is NC(=O)C(Oc1ccccc1C(=O)OCCc1ccccc1)(c1ccccc1)N1CCN(c2ccccc2)CC1. The Morgan fingerprint density at radius 1 is 0.725 bits per heavy atom. The molecule has 204 valence electrons. The van der Waals surface area contributed by atoms with E-state index in [9.17, 15) is 9.59 Å². The normalized spacial score (nSPS) is 15.2. The highest BCUT2D eigenvalue weighted by molar-refractivity contribution is 5.93. The van der Waals surface area contributed by atoms with Gasteiger partial charge in [-0.05, 0) is 29.8 Å². The number of rotatable bonds is 10. The molecule has 2 N–H and O–H groups in total. The Labute approximate surface area is 234 Å². The number of hydrogen-bond donors (Lipinski definition) is 1. The molecule has 1 amide bonds. The van der Waals surface area contributed by atoms with Gasteiger partial charge in [0.2, 0.25) is 0 Å². The Morgan fingerprint density at radius 3 is 1.95 bits per heavy atom. The number of carbonyl (C=O) groups is 2. The average molecular weight is 536 g/mol. The predicted molar refractivity (Wildman–Crippen MR) is 155 cm³/mol. The van der Waals surface area contributed by atoms with Gasteiger partial charge in [0.25, 0.3) is 11.6 Å². The maximum Gasteiger partial charge on any atom is 0.341 e. The van der Waals surface area contributed by atoms with E-state index in [1.165, 1.54) is 0 Å². The van der Waals surface area contributed by atoms with Crippen molar-refractivity contribution in [3.05, 3.63) is 132 Å². The quantitative estimate of drug-likeness (QED) is 0.298. The first-order chi connectivity index (χ1) is 19.6. The minimum atomic E-state index is -1.62. The van der Waals surface area contributed by atoms with Crippen molar-refractivity contribution >= 4 is 17.6 Å². The molecule has 0 aromatic heterocycles. The minimum absolute atomic E-state index is 0.221. The van der Waals surface area contributed by atoms with Crippen molar-refractivity contribution in [3.63, 3.8) is 0 Å². The second-order valence-corrected chi connectivity index (χ2v) is 9.65. The molecular formula is C33H33N3O4. The van der Waals surface area contributed by atoms with Crippen molar-refractivity contribution in [2.45, 2.75) is 12.1 Å². The fourth-order valence-corrected chi connectivity index (χ4v) is 5.10. The van der Waals surface area contributed by atoms with Gasteiger partial charge in [0.05, 0.1) is 6.61 Å². The third kappa shape index (κ3) is 5.84. The molecule has 0 spiro atoms. The van der Waals surface area contributed by atoms with Crippen LogP contribution in [0, 0.1) is 0 Å². The molecule has 1 fully saturated rings. The predicted octanol–water partition coefficient (Wildman–Crippen LogP) is 4.63. The van der Waals surface area contributed by atoms with Crippen LogP contribution >= 0.6 is 0 Å². The Kier molecular flexibility index (Phi) is 8.42. The summed E-state index contributed by atoms with van der Waals surface area (Å²) in [6.07, 6.45) is 0.594. The molecule has 0 bridgehead atoms. The Balaban J connectivity index is 1.41. The summed E-state index contributed by atoms with van der Waals surface area (Å²) in [6.45, 7) is 2.63. The maximum atomic E-state index is 13.4. The molecule has 4 aromatic rings. The summed E-state index contributed by atoms with van der Waals surface area (Å²) in [7, 11) is 0. The molecule has 0 aliphatic carbocycles. The highest BCUT2D eigenvalue weighted by atomic mass is 16.5. The molecule has 0 radical (unpaired) electrons. The van der Waals surface area contributed by atoms with E-state index >= 15 is 0 Å². The number of piperazine rings is 1. The van der Waals surface area contributed by atoms with E-state index in [1.807, 2.05) is 83.8 Å². The topological polar surface area (TPSA) is 85.1 Å². The number of amides is 1. The lowest BCUT2D eigenvalue weighted by atomic mass is 9.98. The number of anilines is 1. The van der Waals surface area contributed by atoms with Gasteiger partial charge < -0.3 is 20.1 Å². The maximum absolute atomic E-state index is 13.4. The molecule has 1 aliphatic rings. The fraction of sp³-hybridized carbons (Fsp3) is 0.212. The molecule has 7 heteroatoms. The van der Waals surface area contributed by atoms with Gasteiger partial charge in [0.15, 0.2) is 0 Å². The summed E-state index contributed by atoms with van der Waals surface area (Å²) in [4.78, 5) is 30.8. The van der Waals surface area contributed by atoms with Crippen LogP contribution in [0.3, 0.4) is 0 Å². The van der Waals surface area contributed by atoms with Crippen LogP contribution in [0.5, 0.6) is 5.75 Å². The average Bonchev–Trinajstić information content (AvgIpc) is 3.01.